The quantitative estimate of drug-likeness (QED) is 0.223. The van der Waals surface area contributed by atoms with Gasteiger partial charge in [0.1, 0.15) is 18.8 Å². The van der Waals surface area contributed by atoms with Gasteiger partial charge in [0.25, 0.3) is 0 Å². The molecule has 144 valence electrons. The minimum atomic E-state index is -1.29. The van der Waals surface area contributed by atoms with E-state index < -0.39 is 54.4 Å². The van der Waals surface area contributed by atoms with Crippen molar-refractivity contribution in [2.45, 2.75) is 58.3 Å². The molecule has 1 N–H and O–H groups in total. The molecule has 0 spiro atoms. The Bertz CT molecular complexity index is 618. The molecule has 26 heavy (non-hydrogen) atoms. The molecule has 12 nitrogen and oxygen atoms in total. The van der Waals surface area contributed by atoms with Crippen LogP contribution < -0.4 is 5.32 Å². The van der Waals surface area contributed by atoms with Crippen molar-refractivity contribution < 1.29 is 38.1 Å². The highest BCUT2D eigenvalue weighted by Gasteiger charge is 2.50. The van der Waals surface area contributed by atoms with E-state index in [0.29, 0.717) is 0 Å². The van der Waals surface area contributed by atoms with E-state index in [4.69, 9.17) is 24.5 Å². The van der Waals surface area contributed by atoms with Crippen molar-refractivity contribution in [3.63, 3.8) is 0 Å². The van der Waals surface area contributed by atoms with Gasteiger partial charge in [-0.1, -0.05) is 5.11 Å². The average Bonchev–Trinajstić information content (AvgIpc) is 2.50. The first kappa shape index (κ1) is 21.2. The topological polar surface area (TPSA) is 166 Å². The normalized spacial score (nSPS) is 27.5. The van der Waals surface area contributed by atoms with Gasteiger partial charge >= 0.3 is 17.9 Å². The summed E-state index contributed by atoms with van der Waals surface area (Å²) in [5.41, 5.74) is 8.74. The van der Waals surface area contributed by atoms with Crippen LogP contribution in [0.3, 0.4) is 0 Å². The Balaban J connectivity index is 3.28. The molecule has 0 aromatic heterocycles. The maximum absolute atomic E-state index is 11.5. The lowest BCUT2D eigenvalue weighted by Crippen LogP contribution is -2.65. The van der Waals surface area contributed by atoms with Gasteiger partial charge in [0.05, 0.1) is 0 Å². The average molecular weight is 372 g/mol. The number of hydrogen-bond donors (Lipinski definition) is 1. The largest absolute Gasteiger partial charge is 0.463 e. The van der Waals surface area contributed by atoms with Gasteiger partial charge in [-0.2, -0.15) is 0 Å². The van der Waals surface area contributed by atoms with E-state index in [1.165, 1.54) is 6.92 Å². The fourth-order valence-electron chi connectivity index (χ4n) is 2.46. The molecule has 1 aliphatic rings. The second kappa shape index (κ2) is 9.59. The van der Waals surface area contributed by atoms with Gasteiger partial charge in [-0.25, -0.2) is 0 Å². The molecule has 0 aliphatic carbocycles. The maximum Gasteiger partial charge on any atom is 0.303 e. The van der Waals surface area contributed by atoms with Gasteiger partial charge in [-0.15, -0.1) is 0 Å². The molecule has 12 heteroatoms. The van der Waals surface area contributed by atoms with Crippen molar-refractivity contribution in [3.05, 3.63) is 10.4 Å². The third-order valence-corrected chi connectivity index (χ3v) is 3.26. The van der Waals surface area contributed by atoms with Gasteiger partial charge in [0.15, 0.2) is 18.4 Å². The Kier molecular flexibility index (Phi) is 7.81. The molecule has 0 aromatic carbocycles. The van der Waals surface area contributed by atoms with E-state index in [0.717, 1.165) is 20.8 Å². The third-order valence-electron chi connectivity index (χ3n) is 3.26. The summed E-state index contributed by atoms with van der Waals surface area (Å²) < 4.78 is 20.8. The number of rotatable bonds is 6. The predicted octanol–water partition coefficient (Wildman–Crippen LogP) is -0.0472. The molecule has 1 unspecified atom stereocenters. The molecular formula is C14H20N4O8. The van der Waals surface area contributed by atoms with Crippen LogP contribution in [0.5, 0.6) is 0 Å². The number of esters is 3. The van der Waals surface area contributed by atoms with Crippen LogP contribution in [0, 0.1) is 0 Å². The lowest BCUT2D eigenvalue weighted by Gasteiger charge is -2.43. The number of ether oxygens (including phenoxy) is 4. The van der Waals surface area contributed by atoms with Gasteiger partial charge < -0.3 is 24.3 Å². The number of amides is 1. The SMILES string of the molecule is CC(=O)N[C@H]1C(N=[N+]=[N-])O[C@H](COC(C)=O)[C@@H](OC(C)=O)[C@@H]1OC(C)=O. The van der Waals surface area contributed by atoms with Gasteiger partial charge in [-0.05, 0) is 5.53 Å². The molecule has 1 saturated heterocycles. The van der Waals surface area contributed by atoms with Gasteiger partial charge in [0.2, 0.25) is 5.91 Å². The highest BCUT2D eigenvalue weighted by atomic mass is 16.6. The van der Waals surface area contributed by atoms with Crippen molar-refractivity contribution in [2.75, 3.05) is 6.61 Å². The van der Waals surface area contributed by atoms with Crippen LogP contribution in [-0.4, -0.2) is 61.0 Å². The van der Waals surface area contributed by atoms with Crippen molar-refractivity contribution in [2.24, 2.45) is 5.11 Å². The molecule has 0 bridgehead atoms. The zero-order chi connectivity index (χ0) is 19.9. The summed E-state index contributed by atoms with van der Waals surface area (Å²) in [6, 6.07) is -1.12. The summed E-state index contributed by atoms with van der Waals surface area (Å²) in [7, 11) is 0. The second-order valence-corrected chi connectivity index (χ2v) is 5.45. The lowest BCUT2D eigenvalue weighted by molar-refractivity contribution is -0.222. The van der Waals surface area contributed by atoms with Crippen molar-refractivity contribution in [1.82, 2.24) is 5.32 Å². The van der Waals surface area contributed by atoms with Crippen LogP contribution in [0.2, 0.25) is 0 Å². The van der Waals surface area contributed by atoms with Crippen LogP contribution >= 0.6 is 0 Å². The highest BCUT2D eigenvalue weighted by molar-refractivity contribution is 5.73. The summed E-state index contributed by atoms with van der Waals surface area (Å²) >= 11 is 0. The van der Waals surface area contributed by atoms with E-state index in [-0.39, 0.29) is 6.61 Å². The summed E-state index contributed by atoms with van der Waals surface area (Å²) in [6.07, 6.45) is -4.82. The fraction of sp³-hybridized carbons (Fsp3) is 0.714. The van der Waals surface area contributed by atoms with E-state index in [2.05, 4.69) is 15.3 Å². The van der Waals surface area contributed by atoms with Crippen LogP contribution in [0.1, 0.15) is 27.7 Å². The Morgan fingerprint density at radius 2 is 1.62 bits per heavy atom. The number of carbonyl (C=O) groups excluding carboxylic acids is 4. The van der Waals surface area contributed by atoms with Crippen LogP contribution in [-0.2, 0) is 38.1 Å². The number of nitrogens with one attached hydrogen (secondary N) is 1. The van der Waals surface area contributed by atoms with E-state index in [1.807, 2.05) is 0 Å². The molecule has 1 aliphatic heterocycles. The van der Waals surface area contributed by atoms with Crippen LogP contribution in [0.4, 0.5) is 0 Å². The third kappa shape index (κ3) is 6.22. The van der Waals surface area contributed by atoms with Crippen LogP contribution in [0.15, 0.2) is 5.11 Å². The zero-order valence-electron chi connectivity index (χ0n) is 14.7. The van der Waals surface area contributed by atoms with E-state index in [1.54, 1.807) is 0 Å². The molecule has 1 heterocycles. The summed E-state index contributed by atoms with van der Waals surface area (Å²) in [4.78, 5) is 48.2. The lowest BCUT2D eigenvalue weighted by atomic mass is 9.95. The first-order valence-corrected chi connectivity index (χ1v) is 7.60. The number of hydrogen-bond acceptors (Lipinski definition) is 9. The number of carbonyl (C=O) groups is 4. The zero-order valence-corrected chi connectivity index (χ0v) is 14.7. The molecule has 0 saturated carbocycles. The van der Waals surface area contributed by atoms with Crippen molar-refractivity contribution >= 4 is 23.8 Å². The number of nitrogens with zero attached hydrogens (tertiary/aromatic N) is 3. The first-order chi connectivity index (χ1) is 12.1. The summed E-state index contributed by atoms with van der Waals surface area (Å²) in [5.74, 6) is -2.58. The summed E-state index contributed by atoms with van der Waals surface area (Å²) in [6.45, 7) is 4.26. The predicted molar refractivity (Wildman–Crippen MR) is 83.2 cm³/mol. The molecule has 5 atom stereocenters. The minimum Gasteiger partial charge on any atom is -0.463 e. The molecule has 1 amide bonds. The smallest absolute Gasteiger partial charge is 0.303 e. The Morgan fingerprint density at radius 1 is 1.04 bits per heavy atom. The van der Waals surface area contributed by atoms with Gasteiger partial charge in [-0.3, -0.25) is 19.2 Å². The standard InChI is InChI=1S/C14H20N4O8/c1-6(19)16-11-13(25-9(4)22)12(24-8(3)21)10(5-23-7(2)20)26-14(11)17-18-15/h10-14H,5H2,1-4H3,(H,16,19)/t10-,11-,12-,13-,14?/m1/s1. The Morgan fingerprint density at radius 3 is 2.08 bits per heavy atom. The Hall–Kier alpha value is -2.85. The maximum atomic E-state index is 11.5. The fourth-order valence-corrected chi connectivity index (χ4v) is 2.46. The number of azide groups is 1. The molecular weight excluding hydrogens is 352 g/mol. The molecule has 0 aromatic rings. The van der Waals surface area contributed by atoms with Crippen molar-refractivity contribution in [1.29, 1.82) is 0 Å². The van der Waals surface area contributed by atoms with E-state index in [9.17, 15) is 19.2 Å². The van der Waals surface area contributed by atoms with E-state index >= 15 is 0 Å². The second-order valence-electron chi connectivity index (χ2n) is 5.45. The molecule has 1 rings (SSSR count). The monoisotopic (exact) mass is 372 g/mol. The van der Waals surface area contributed by atoms with Crippen LogP contribution in [0.25, 0.3) is 10.4 Å². The summed E-state index contributed by atoms with van der Waals surface area (Å²) in [5, 5.41) is 5.89. The van der Waals surface area contributed by atoms with Gasteiger partial charge in [0, 0.05) is 32.6 Å². The molecule has 0 radical (unpaired) electrons. The Labute approximate surface area is 148 Å². The first-order valence-electron chi connectivity index (χ1n) is 7.60. The van der Waals surface area contributed by atoms with Crippen molar-refractivity contribution in [3.8, 4) is 0 Å². The molecule has 1 fully saturated rings. The minimum absolute atomic E-state index is 0.352. The highest BCUT2D eigenvalue weighted by Crippen LogP contribution is 2.28.